The summed E-state index contributed by atoms with van der Waals surface area (Å²) in [6, 6.07) is 0.905. The van der Waals surface area contributed by atoms with Gasteiger partial charge in [-0.2, -0.15) is 0 Å². The second-order valence-corrected chi connectivity index (χ2v) is 8.38. The molecule has 3 atom stereocenters. The maximum absolute atomic E-state index is 13.2. The van der Waals surface area contributed by atoms with Gasteiger partial charge < -0.3 is 35.6 Å². The zero-order valence-corrected chi connectivity index (χ0v) is 19.5. The average Bonchev–Trinajstić information content (AvgIpc) is 2.86. The molecule has 13 heteroatoms. The summed E-state index contributed by atoms with van der Waals surface area (Å²) in [7, 11) is 1.15. The van der Waals surface area contributed by atoms with Gasteiger partial charge in [-0.3, -0.25) is 29.0 Å². The Morgan fingerprint density at radius 1 is 1.20 bits per heavy atom. The minimum absolute atomic E-state index is 0.0192. The van der Waals surface area contributed by atoms with Gasteiger partial charge in [0.25, 0.3) is 0 Å². The van der Waals surface area contributed by atoms with E-state index in [-0.39, 0.29) is 31.5 Å². The number of methoxy groups -OCH3 is 1. The molecule has 3 rings (SSSR count). The first-order valence-corrected chi connectivity index (χ1v) is 11.3. The highest BCUT2D eigenvalue weighted by molar-refractivity contribution is 5.96. The third kappa shape index (κ3) is 6.31. The Morgan fingerprint density at radius 2 is 1.91 bits per heavy atom. The number of aromatic nitrogens is 1. The summed E-state index contributed by atoms with van der Waals surface area (Å²) in [5.41, 5.74) is 7.03. The van der Waals surface area contributed by atoms with Gasteiger partial charge in [-0.25, -0.2) is 0 Å². The van der Waals surface area contributed by atoms with Crippen LogP contribution in [0.25, 0.3) is 0 Å². The number of esters is 1. The number of nitrogens with two attached hydrogens (primary N) is 1. The number of carbonyl (C=O) groups excluding carboxylic acids is 4. The van der Waals surface area contributed by atoms with Crippen molar-refractivity contribution >= 4 is 29.7 Å². The Balaban J connectivity index is 1.71. The molecule has 1 unspecified atom stereocenters. The van der Waals surface area contributed by atoms with Crippen LogP contribution in [0.5, 0.6) is 0 Å². The fourth-order valence-corrected chi connectivity index (χ4v) is 4.35. The molecule has 190 valence electrons. The number of carboxylic acids is 1. The summed E-state index contributed by atoms with van der Waals surface area (Å²) in [5.74, 6) is -3.60. The van der Waals surface area contributed by atoms with Gasteiger partial charge >= 0.3 is 11.9 Å². The number of ether oxygens (including phenoxy) is 1. The van der Waals surface area contributed by atoms with E-state index in [0.717, 1.165) is 22.5 Å². The van der Waals surface area contributed by atoms with Crippen LogP contribution in [-0.2, 0) is 28.7 Å². The van der Waals surface area contributed by atoms with Crippen LogP contribution >= 0.6 is 0 Å². The number of pyridine rings is 1. The second kappa shape index (κ2) is 11.7. The summed E-state index contributed by atoms with van der Waals surface area (Å²) >= 11 is 0. The lowest BCUT2D eigenvalue weighted by molar-refractivity contribution is -0.159. The molecular formula is C22H30N6O7. The van der Waals surface area contributed by atoms with Crippen LogP contribution in [0.4, 0.5) is 0 Å². The lowest BCUT2D eigenvalue weighted by Gasteiger charge is -2.41. The minimum atomic E-state index is -1.26. The summed E-state index contributed by atoms with van der Waals surface area (Å²) in [5, 5.41) is 12.3. The van der Waals surface area contributed by atoms with E-state index < -0.39 is 48.8 Å². The molecule has 0 aromatic carbocycles. The molecular weight excluding hydrogens is 460 g/mol. The van der Waals surface area contributed by atoms with Crippen LogP contribution in [0, 0.1) is 0 Å². The number of hydrogen-bond donors (Lipinski definition) is 3. The fraction of sp³-hybridized carbons (Fsp3) is 0.545. The van der Waals surface area contributed by atoms with E-state index in [1.54, 1.807) is 17.3 Å². The standard InChI is InChI=1S/C22H30N6O7/c1-35-20(32)11-16-22(34)26(13-19(30)31)8-9-28(16)21(33)15(23)10-18(29)27-7-6-25-12-17(27)14-2-4-24-5-3-14/h2-5,15-17,25H,6-13,23H2,1H3,(H,30,31)/t15?,16-,17-/m1/s1. The Hall–Kier alpha value is -3.58. The van der Waals surface area contributed by atoms with E-state index in [1.165, 1.54) is 0 Å². The van der Waals surface area contributed by atoms with Crippen molar-refractivity contribution in [1.29, 1.82) is 0 Å². The second-order valence-electron chi connectivity index (χ2n) is 8.38. The van der Waals surface area contributed by atoms with Crippen LogP contribution in [-0.4, -0.2) is 113 Å². The molecule has 3 heterocycles. The molecule has 4 N–H and O–H groups in total. The number of amides is 3. The molecule has 3 amide bonds. The van der Waals surface area contributed by atoms with Gasteiger partial charge in [-0.15, -0.1) is 0 Å². The van der Waals surface area contributed by atoms with Crippen molar-refractivity contribution < 1.29 is 33.8 Å². The molecule has 0 saturated carbocycles. The minimum Gasteiger partial charge on any atom is -0.480 e. The van der Waals surface area contributed by atoms with Gasteiger partial charge in [0, 0.05) is 45.1 Å². The lowest BCUT2D eigenvalue weighted by atomic mass is 10.0. The van der Waals surface area contributed by atoms with Crippen LogP contribution < -0.4 is 11.1 Å². The molecule has 35 heavy (non-hydrogen) atoms. The molecule has 2 fully saturated rings. The topological polar surface area (TPSA) is 175 Å². The van der Waals surface area contributed by atoms with Crippen molar-refractivity contribution in [2.45, 2.75) is 31.0 Å². The van der Waals surface area contributed by atoms with Crippen molar-refractivity contribution in [2.75, 3.05) is 46.4 Å². The smallest absolute Gasteiger partial charge is 0.323 e. The van der Waals surface area contributed by atoms with Gasteiger partial charge in [-0.05, 0) is 17.7 Å². The number of nitrogens with zero attached hydrogens (tertiary/aromatic N) is 4. The third-order valence-corrected chi connectivity index (χ3v) is 6.15. The Bertz CT molecular complexity index is 959. The monoisotopic (exact) mass is 490 g/mol. The number of nitrogens with one attached hydrogen (secondary N) is 1. The number of hydrogen-bond acceptors (Lipinski definition) is 9. The normalized spacial score (nSPS) is 21.4. The average molecular weight is 491 g/mol. The molecule has 13 nitrogen and oxygen atoms in total. The van der Waals surface area contributed by atoms with E-state index >= 15 is 0 Å². The van der Waals surface area contributed by atoms with E-state index in [2.05, 4.69) is 15.0 Å². The lowest BCUT2D eigenvalue weighted by Crippen LogP contribution is -2.62. The van der Waals surface area contributed by atoms with Gasteiger partial charge in [-0.1, -0.05) is 0 Å². The number of piperazine rings is 2. The van der Waals surface area contributed by atoms with Crippen molar-refractivity contribution in [3.05, 3.63) is 30.1 Å². The third-order valence-electron chi connectivity index (χ3n) is 6.15. The Kier molecular flexibility index (Phi) is 8.71. The van der Waals surface area contributed by atoms with Crippen LogP contribution in [0.15, 0.2) is 24.5 Å². The molecule has 1 aromatic heterocycles. The highest BCUT2D eigenvalue weighted by Gasteiger charge is 2.41. The van der Waals surface area contributed by atoms with Gasteiger partial charge in [0.1, 0.15) is 12.6 Å². The molecule has 2 saturated heterocycles. The fourth-order valence-electron chi connectivity index (χ4n) is 4.35. The van der Waals surface area contributed by atoms with E-state index in [0.29, 0.717) is 19.6 Å². The highest BCUT2D eigenvalue weighted by Crippen LogP contribution is 2.23. The molecule has 0 aliphatic carbocycles. The predicted octanol–water partition coefficient (Wildman–Crippen LogP) is -2.04. The van der Waals surface area contributed by atoms with Crippen molar-refractivity contribution in [3.63, 3.8) is 0 Å². The first-order valence-electron chi connectivity index (χ1n) is 11.3. The molecule has 0 bridgehead atoms. The van der Waals surface area contributed by atoms with Crippen molar-refractivity contribution in [1.82, 2.24) is 25.0 Å². The van der Waals surface area contributed by atoms with E-state index in [1.807, 2.05) is 12.1 Å². The molecule has 2 aliphatic rings. The summed E-state index contributed by atoms with van der Waals surface area (Å²) in [6.07, 6.45) is 2.56. The van der Waals surface area contributed by atoms with Gasteiger partial charge in [0.15, 0.2) is 0 Å². The van der Waals surface area contributed by atoms with Gasteiger partial charge in [0.2, 0.25) is 17.7 Å². The highest BCUT2D eigenvalue weighted by atomic mass is 16.5. The van der Waals surface area contributed by atoms with E-state index in [9.17, 15) is 24.0 Å². The molecule has 0 spiro atoms. The van der Waals surface area contributed by atoms with Crippen LogP contribution in [0.1, 0.15) is 24.4 Å². The number of carboxylic acid groups (broad SMARTS) is 1. The summed E-state index contributed by atoms with van der Waals surface area (Å²) < 4.78 is 4.64. The Labute approximate surface area is 202 Å². The quantitative estimate of drug-likeness (QED) is 0.344. The number of aliphatic carboxylic acids is 1. The largest absolute Gasteiger partial charge is 0.480 e. The summed E-state index contributed by atoms with van der Waals surface area (Å²) in [4.78, 5) is 70.1. The molecule has 2 aliphatic heterocycles. The molecule has 1 aromatic rings. The first-order chi connectivity index (χ1) is 16.7. The van der Waals surface area contributed by atoms with Crippen molar-refractivity contribution in [2.24, 2.45) is 5.73 Å². The maximum Gasteiger partial charge on any atom is 0.323 e. The predicted molar refractivity (Wildman–Crippen MR) is 121 cm³/mol. The summed E-state index contributed by atoms with van der Waals surface area (Å²) in [6.45, 7) is 0.968. The molecule has 0 radical (unpaired) electrons. The maximum atomic E-state index is 13.2. The first kappa shape index (κ1) is 26.0. The van der Waals surface area contributed by atoms with E-state index in [4.69, 9.17) is 10.8 Å². The number of carbonyl (C=O) groups is 5. The zero-order chi connectivity index (χ0) is 25.5. The number of rotatable bonds is 8. The Morgan fingerprint density at radius 3 is 2.57 bits per heavy atom. The van der Waals surface area contributed by atoms with Gasteiger partial charge in [0.05, 0.1) is 32.0 Å². The zero-order valence-electron chi connectivity index (χ0n) is 19.5. The van der Waals surface area contributed by atoms with Crippen molar-refractivity contribution in [3.8, 4) is 0 Å². The van der Waals surface area contributed by atoms with Crippen LogP contribution in [0.3, 0.4) is 0 Å². The van der Waals surface area contributed by atoms with Crippen LogP contribution in [0.2, 0.25) is 0 Å². The SMILES string of the molecule is COC(=O)C[C@@H]1C(=O)N(CC(=O)O)CCN1C(=O)C(N)CC(=O)N1CCNC[C@@H]1c1ccncc1.